The lowest BCUT2D eigenvalue weighted by Crippen LogP contribution is -2.41. The summed E-state index contributed by atoms with van der Waals surface area (Å²) in [6, 6.07) is 3.88. The number of aliphatic hydroxyl groups is 1. The number of nitrogens with zero attached hydrogens (tertiary/aromatic N) is 1. The molecule has 3 rings (SSSR count). The maximum absolute atomic E-state index is 9.00. The van der Waals surface area contributed by atoms with Gasteiger partial charge in [0.05, 0.1) is 6.54 Å². The van der Waals surface area contributed by atoms with Crippen molar-refractivity contribution in [1.29, 1.82) is 0 Å². The molecule has 2 atom stereocenters. The molecule has 2 unspecified atom stereocenters. The van der Waals surface area contributed by atoms with Gasteiger partial charge >= 0.3 is 0 Å². The van der Waals surface area contributed by atoms with Gasteiger partial charge in [-0.05, 0) is 43.4 Å². The molecule has 1 aliphatic carbocycles. The van der Waals surface area contributed by atoms with Crippen molar-refractivity contribution < 1.29 is 9.52 Å². The Balaban J connectivity index is 1.57. The van der Waals surface area contributed by atoms with E-state index in [1.165, 1.54) is 45.2 Å². The molecule has 1 N–H and O–H groups in total. The first-order valence-corrected chi connectivity index (χ1v) is 7.26. The number of piperidine rings is 1. The van der Waals surface area contributed by atoms with Crippen LogP contribution in [0.1, 0.15) is 43.6 Å². The number of aliphatic hydroxyl groups excluding tert-OH is 1. The Bertz CT molecular complexity index is 388. The average Bonchev–Trinajstić information content (AvgIpc) is 2.86. The average molecular weight is 249 g/mol. The van der Waals surface area contributed by atoms with Gasteiger partial charge in [0.15, 0.2) is 0 Å². The van der Waals surface area contributed by atoms with Crippen molar-refractivity contribution in [2.45, 2.75) is 45.3 Å². The van der Waals surface area contributed by atoms with Gasteiger partial charge in [0, 0.05) is 6.54 Å². The highest BCUT2D eigenvalue weighted by Crippen LogP contribution is 2.36. The number of furan rings is 1. The molecule has 2 heterocycles. The van der Waals surface area contributed by atoms with Crippen molar-refractivity contribution in [3.8, 4) is 0 Å². The van der Waals surface area contributed by atoms with Crippen molar-refractivity contribution >= 4 is 0 Å². The predicted octanol–water partition coefficient (Wildman–Crippen LogP) is 2.78. The van der Waals surface area contributed by atoms with E-state index in [4.69, 9.17) is 9.52 Å². The molecule has 1 aliphatic heterocycles. The van der Waals surface area contributed by atoms with E-state index in [0.29, 0.717) is 5.76 Å². The van der Waals surface area contributed by atoms with Crippen molar-refractivity contribution in [2.75, 3.05) is 13.1 Å². The Morgan fingerprint density at radius 1 is 1.11 bits per heavy atom. The van der Waals surface area contributed by atoms with E-state index in [1.807, 2.05) is 12.1 Å². The topological polar surface area (TPSA) is 36.6 Å². The molecule has 2 fully saturated rings. The summed E-state index contributed by atoms with van der Waals surface area (Å²) >= 11 is 0. The van der Waals surface area contributed by atoms with Gasteiger partial charge in [-0.1, -0.05) is 19.3 Å². The largest absolute Gasteiger partial charge is 0.462 e. The normalized spacial score (nSPS) is 29.2. The van der Waals surface area contributed by atoms with E-state index < -0.39 is 0 Å². The Morgan fingerprint density at radius 2 is 1.89 bits per heavy atom. The van der Waals surface area contributed by atoms with Gasteiger partial charge < -0.3 is 9.52 Å². The van der Waals surface area contributed by atoms with Gasteiger partial charge in [0.2, 0.25) is 0 Å². The first-order valence-electron chi connectivity index (χ1n) is 7.26. The molecule has 0 bridgehead atoms. The summed E-state index contributed by atoms with van der Waals surface area (Å²) in [5.74, 6) is 3.57. The van der Waals surface area contributed by atoms with E-state index >= 15 is 0 Å². The fourth-order valence-electron chi connectivity index (χ4n) is 3.63. The maximum Gasteiger partial charge on any atom is 0.129 e. The molecular weight excluding hydrogens is 226 g/mol. The summed E-state index contributed by atoms with van der Waals surface area (Å²) in [5.41, 5.74) is 0. The molecule has 1 saturated carbocycles. The number of hydrogen-bond acceptors (Lipinski definition) is 3. The van der Waals surface area contributed by atoms with E-state index in [2.05, 4.69) is 4.90 Å². The van der Waals surface area contributed by atoms with Crippen LogP contribution in [0, 0.1) is 11.8 Å². The van der Waals surface area contributed by atoms with Crippen LogP contribution in [-0.2, 0) is 13.2 Å². The second-order valence-electron chi connectivity index (χ2n) is 5.85. The Hall–Kier alpha value is -0.800. The minimum atomic E-state index is 0.00466. The zero-order valence-electron chi connectivity index (χ0n) is 11.0. The molecule has 0 radical (unpaired) electrons. The Kier molecular flexibility index (Phi) is 3.71. The molecule has 0 spiro atoms. The van der Waals surface area contributed by atoms with Gasteiger partial charge in [0.1, 0.15) is 18.1 Å². The molecule has 1 saturated heterocycles. The standard InChI is InChI=1S/C15H23NO2/c17-11-15-6-5-14(18-15)10-16-8-7-12-3-1-2-4-13(12)9-16/h5-6,12-13,17H,1-4,7-11H2. The summed E-state index contributed by atoms with van der Waals surface area (Å²) < 4.78 is 5.58. The number of fused-ring (bicyclic) bond motifs is 1. The Labute approximate surface area is 109 Å². The van der Waals surface area contributed by atoms with Crippen LogP contribution in [-0.4, -0.2) is 23.1 Å². The fourth-order valence-corrected chi connectivity index (χ4v) is 3.63. The molecule has 1 aromatic rings. The third kappa shape index (κ3) is 2.62. The van der Waals surface area contributed by atoms with Crippen LogP contribution in [0.25, 0.3) is 0 Å². The SMILES string of the molecule is OCc1ccc(CN2CCC3CCCCC3C2)o1. The number of likely N-dealkylation sites (tertiary alicyclic amines) is 1. The first kappa shape index (κ1) is 12.2. The summed E-state index contributed by atoms with van der Waals surface area (Å²) in [5, 5.41) is 9.00. The number of rotatable bonds is 3. The highest BCUT2D eigenvalue weighted by Gasteiger charge is 2.31. The summed E-state index contributed by atoms with van der Waals surface area (Å²) in [7, 11) is 0. The fraction of sp³-hybridized carbons (Fsp3) is 0.733. The summed E-state index contributed by atoms with van der Waals surface area (Å²) in [6.45, 7) is 3.35. The van der Waals surface area contributed by atoms with Crippen LogP contribution < -0.4 is 0 Å². The molecule has 2 aliphatic rings. The van der Waals surface area contributed by atoms with Crippen molar-refractivity contribution in [2.24, 2.45) is 11.8 Å². The van der Waals surface area contributed by atoms with Gasteiger partial charge in [-0.3, -0.25) is 4.90 Å². The molecular formula is C15H23NO2. The monoisotopic (exact) mass is 249 g/mol. The van der Waals surface area contributed by atoms with E-state index in [0.717, 1.165) is 24.1 Å². The summed E-state index contributed by atoms with van der Waals surface area (Å²) in [4.78, 5) is 2.52. The lowest BCUT2D eigenvalue weighted by atomic mass is 9.75. The van der Waals surface area contributed by atoms with E-state index in [-0.39, 0.29) is 6.61 Å². The molecule has 0 aromatic carbocycles. The summed E-state index contributed by atoms with van der Waals surface area (Å²) in [6.07, 6.45) is 7.09. The molecule has 3 nitrogen and oxygen atoms in total. The number of hydrogen-bond donors (Lipinski definition) is 1. The van der Waals surface area contributed by atoms with Gasteiger partial charge in [0.25, 0.3) is 0 Å². The van der Waals surface area contributed by atoms with Crippen molar-refractivity contribution in [3.63, 3.8) is 0 Å². The zero-order chi connectivity index (χ0) is 12.4. The zero-order valence-corrected chi connectivity index (χ0v) is 11.0. The highest BCUT2D eigenvalue weighted by molar-refractivity contribution is 5.06. The highest BCUT2D eigenvalue weighted by atomic mass is 16.4. The smallest absolute Gasteiger partial charge is 0.129 e. The van der Waals surface area contributed by atoms with E-state index in [9.17, 15) is 0 Å². The van der Waals surface area contributed by atoms with E-state index in [1.54, 1.807) is 0 Å². The van der Waals surface area contributed by atoms with Gasteiger partial charge in [-0.2, -0.15) is 0 Å². The van der Waals surface area contributed by atoms with Crippen LogP contribution >= 0.6 is 0 Å². The second-order valence-corrected chi connectivity index (χ2v) is 5.85. The quantitative estimate of drug-likeness (QED) is 0.895. The Morgan fingerprint density at radius 3 is 2.67 bits per heavy atom. The van der Waals surface area contributed by atoms with Crippen molar-refractivity contribution in [1.82, 2.24) is 4.90 Å². The maximum atomic E-state index is 9.00. The third-order valence-corrected chi connectivity index (χ3v) is 4.63. The van der Waals surface area contributed by atoms with Crippen LogP contribution in [0.3, 0.4) is 0 Å². The molecule has 1 aromatic heterocycles. The lowest BCUT2D eigenvalue weighted by molar-refractivity contribution is 0.0767. The van der Waals surface area contributed by atoms with Crippen molar-refractivity contribution in [3.05, 3.63) is 23.7 Å². The predicted molar refractivity (Wildman–Crippen MR) is 70.0 cm³/mol. The second kappa shape index (κ2) is 5.45. The van der Waals surface area contributed by atoms with Crippen LogP contribution in [0.15, 0.2) is 16.5 Å². The molecule has 3 heteroatoms. The molecule has 0 amide bonds. The van der Waals surface area contributed by atoms with Crippen LogP contribution in [0.4, 0.5) is 0 Å². The van der Waals surface area contributed by atoms with Crippen LogP contribution in [0.2, 0.25) is 0 Å². The first-order chi connectivity index (χ1) is 8.85. The minimum Gasteiger partial charge on any atom is -0.462 e. The molecule has 18 heavy (non-hydrogen) atoms. The van der Waals surface area contributed by atoms with Crippen LogP contribution in [0.5, 0.6) is 0 Å². The lowest BCUT2D eigenvalue weighted by Gasteiger charge is -2.41. The van der Waals surface area contributed by atoms with Gasteiger partial charge in [-0.25, -0.2) is 0 Å². The minimum absolute atomic E-state index is 0.00466. The van der Waals surface area contributed by atoms with Gasteiger partial charge in [-0.15, -0.1) is 0 Å². The third-order valence-electron chi connectivity index (χ3n) is 4.63. The molecule has 100 valence electrons.